The molecule has 1 saturated heterocycles. The minimum atomic E-state index is 0.217. The SMILES string of the molecule is Cc1cn[nH]c1[C@H]1CCN(C(=O)c2cc3c(s2)CCC3)C1. The van der Waals surface area contributed by atoms with E-state index in [-0.39, 0.29) is 5.91 Å². The fourth-order valence-corrected chi connectivity index (χ4v) is 4.76. The standard InChI is InChI=1S/C16H19N3OS/c1-10-8-17-18-15(10)12-5-6-19(9-12)16(20)14-7-11-3-2-4-13(11)21-14/h7-8,12H,2-6,9H2,1H3,(H,17,18)/t12-/m0/s1. The fraction of sp³-hybridized carbons (Fsp3) is 0.500. The number of carbonyl (C=O) groups is 1. The molecule has 1 amide bonds. The molecule has 0 aromatic carbocycles. The van der Waals surface area contributed by atoms with E-state index in [1.165, 1.54) is 28.1 Å². The van der Waals surface area contributed by atoms with Crippen LogP contribution in [-0.4, -0.2) is 34.1 Å². The Morgan fingerprint density at radius 2 is 2.38 bits per heavy atom. The normalized spacial score (nSPS) is 21.0. The van der Waals surface area contributed by atoms with Gasteiger partial charge in [0, 0.05) is 29.6 Å². The van der Waals surface area contributed by atoms with Crippen molar-refractivity contribution in [3.63, 3.8) is 0 Å². The molecule has 2 aromatic heterocycles. The molecule has 1 atom stereocenters. The molecule has 1 aliphatic heterocycles. The summed E-state index contributed by atoms with van der Waals surface area (Å²) in [7, 11) is 0. The van der Waals surface area contributed by atoms with Crippen LogP contribution in [-0.2, 0) is 12.8 Å². The summed E-state index contributed by atoms with van der Waals surface area (Å²) >= 11 is 1.71. The molecule has 0 unspecified atom stereocenters. The van der Waals surface area contributed by atoms with E-state index in [2.05, 4.69) is 23.2 Å². The number of likely N-dealkylation sites (tertiary alicyclic amines) is 1. The van der Waals surface area contributed by atoms with Crippen LogP contribution in [0, 0.1) is 6.92 Å². The number of aromatic amines is 1. The van der Waals surface area contributed by atoms with Crippen LogP contribution in [0.1, 0.15) is 50.1 Å². The Labute approximate surface area is 128 Å². The molecule has 0 saturated carbocycles. The number of rotatable bonds is 2. The predicted molar refractivity (Wildman–Crippen MR) is 82.9 cm³/mol. The molecule has 1 N–H and O–H groups in total. The number of aromatic nitrogens is 2. The first-order chi connectivity index (χ1) is 10.2. The second-order valence-corrected chi connectivity index (χ2v) is 7.25. The van der Waals surface area contributed by atoms with Gasteiger partial charge in [-0.3, -0.25) is 9.89 Å². The molecular formula is C16H19N3OS. The van der Waals surface area contributed by atoms with Crippen LogP contribution in [0.25, 0.3) is 0 Å². The molecular weight excluding hydrogens is 282 g/mol. The second kappa shape index (κ2) is 4.98. The molecule has 4 rings (SSSR count). The minimum absolute atomic E-state index is 0.217. The summed E-state index contributed by atoms with van der Waals surface area (Å²) in [4.78, 5) is 17.0. The van der Waals surface area contributed by atoms with Gasteiger partial charge in [0.15, 0.2) is 0 Å². The molecule has 0 bridgehead atoms. The molecule has 110 valence electrons. The average molecular weight is 301 g/mol. The molecule has 1 fully saturated rings. The summed E-state index contributed by atoms with van der Waals surface area (Å²) in [5.74, 6) is 0.623. The summed E-state index contributed by atoms with van der Waals surface area (Å²) in [6, 6.07) is 2.13. The third-order valence-electron chi connectivity index (χ3n) is 4.71. The van der Waals surface area contributed by atoms with E-state index in [1.54, 1.807) is 11.3 Å². The lowest BCUT2D eigenvalue weighted by molar-refractivity contribution is 0.0795. The molecule has 5 heteroatoms. The summed E-state index contributed by atoms with van der Waals surface area (Å²) in [6.07, 6.45) is 6.45. The summed E-state index contributed by atoms with van der Waals surface area (Å²) in [6.45, 7) is 3.74. The molecule has 0 radical (unpaired) electrons. The predicted octanol–water partition coefficient (Wildman–Crippen LogP) is 2.90. The number of hydrogen-bond acceptors (Lipinski definition) is 3. The molecule has 1 aliphatic carbocycles. The Morgan fingerprint density at radius 3 is 3.14 bits per heavy atom. The second-order valence-electron chi connectivity index (χ2n) is 6.12. The number of hydrogen-bond donors (Lipinski definition) is 1. The van der Waals surface area contributed by atoms with Crippen molar-refractivity contribution in [2.75, 3.05) is 13.1 Å². The van der Waals surface area contributed by atoms with Gasteiger partial charge in [-0.2, -0.15) is 5.10 Å². The van der Waals surface area contributed by atoms with Gasteiger partial charge in [-0.05, 0) is 49.8 Å². The maximum atomic E-state index is 12.7. The van der Waals surface area contributed by atoms with E-state index in [9.17, 15) is 4.79 Å². The lowest BCUT2D eigenvalue weighted by Gasteiger charge is -2.15. The Balaban J connectivity index is 1.50. The maximum Gasteiger partial charge on any atom is 0.263 e. The highest BCUT2D eigenvalue weighted by molar-refractivity contribution is 7.14. The highest BCUT2D eigenvalue weighted by Gasteiger charge is 2.31. The molecule has 21 heavy (non-hydrogen) atoms. The molecule has 3 heterocycles. The van der Waals surface area contributed by atoms with Gasteiger partial charge >= 0.3 is 0 Å². The quantitative estimate of drug-likeness (QED) is 0.927. The number of nitrogens with zero attached hydrogens (tertiary/aromatic N) is 2. The molecule has 2 aliphatic rings. The molecule has 4 nitrogen and oxygen atoms in total. The fourth-order valence-electron chi connectivity index (χ4n) is 3.54. The van der Waals surface area contributed by atoms with Crippen molar-refractivity contribution in [1.82, 2.24) is 15.1 Å². The van der Waals surface area contributed by atoms with Crippen LogP contribution in [0.4, 0.5) is 0 Å². The monoisotopic (exact) mass is 301 g/mol. The van der Waals surface area contributed by atoms with Gasteiger partial charge in [-0.15, -0.1) is 11.3 Å². The highest BCUT2D eigenvalue weighted by Crippen LogP contribution is 2.33. The van der Waals surface area contributed by atoms with Crippen molar-refractivity contribution >= 4 is 17.2 Å². The van der Waals surface area contributed by atoms with Gasteiger partial charge in [0.25, 0.3) is 5.91 Å². The van der Waals surface area contributed by atoms with E-state index in [0.717, 1.165) is 37.2 Å². The number of thiophene rings is 1. The van der Waals surface area contributed by atoms with E-state index in [1.807, 2.05) is 11.1 Å². The van der Waals surface area contributed by atoms with E-state index in [4.69, 9.17) is 0 Å². The summed E-state index contributed by atoms with van der Waals surface area (Å²) in [5.41, 5.74) is 3.80. The first-order valence-corrected chi connectivity index (χ1v) is 8.45. The number of aryl methyl sites for hydroxylation is 3. The first-order valence-electron chi connectivity index (χ1n) is 7.63. The van der Waals surface area contributed by atoms with Gasteiger partial charge in [0.1, 0.15) is 0 Å². The lowest BCUT2D eigenvalue weighted by Crippen LogP contribution is -2.27. The van der Waals surface area contributed by atoms with Crippen LogP contribution in [0.5, 0.6) is 0 Å². The Bertz CT molecular complexity index is 666. The number of H-pyrrole nitrogens is 1. The van der Waals surface area contributed by atoms with Gasteiger partial charge in [0.2, 0.25) is 0 Å². The molecule has 0 spiro atoms. The average Bonchev–Trinajstić information content (AvgIpc) is 3.20. The van der Waals surface area contributed by atoms with Crippen molar-refractivity contribution in [3.8, 4) is 0 Å². The Kier molecular flexibility index (Phi) is 3.10. The largest absolute Gasteiger partial charge is 0.337 e. The van der Waals surface area contributed by atoms with Gasteiger partial charge in [0.05, 0.1) is 11.1 Å². The maximum absolute atomic E-state index is 12.7. The zero-order valence-corrected chi connectivity index (χ0v) is 13.0. The van der Waals surface area contributed by atoms with E-state index >= 15 is 0 Å². The van der Waals surface area contributed by atoms with Crippen LogP contribution >= 0.6 is 11.3 Å². The number of nitrogens with one attached hydrogen (secondary N) is 1. The number of fused-ring (bicyclic) bond motifs is 1. The molecule has 2 aromatic rings. The Morgan fingerprint density at radius 1 is 1.48 bits per heavy atom. The van der Waals surface area contributed by atoms with Crippen LogP contribution in [0.2, 0.25) is 0 Å². The third-order valence-corrected chi connectivity index (χ3v) is 5.93. The van der Waals surface area contributed by atoms with Crippen LogP contribution < -0.4 is 0 Å². The van der Waals surface area contributed by atoms with Crippen molar-refractivity contribution < 1.29 is 4.79 Å². The third kappa shape index (κ3) is 2.20. The summed E-state index contributed by atoms with van der Waals surface area (Å²) < 4.78 is 0. The van der Waals surface area contributed by atoms with Crippen LogP contribution in [0.3, 0.4) is 0 Å². The van der Waals surface area contributed by atoms with Crippen LogP contribution in [0.15, 0.2) is 12.3 Å². The smallest absolute Gasteiger partial charge is 0.263 e. The zero-order valence-electron chi connectivity index (χ0n) is 12.2. The van der Waals surface area contributed by atoms with Gasteiger partial charge in [-0.25, -0.2) is 0 Å². The lowest BCUT2D eigenvalue weighted by atomic mass is 10.0. The number of carbonyl (C=O) groups excluding carboxylic acids is 1. The van der Waals surface area contributed by atoms with Crippen molar-refractivity contribution in [1.29, 1.82) is 0 Å². The van der Waals surface area contributed by atoms with Gasteiger partial charge < -0.3 is 4.90 Å². The first kappa shape index (κ1) is 13.1. The minimum Gasteiger partial charge on any atom is -0.337 e. The number of amides is 1. The summed E-state index contributed by atoms with van der Waals surface area (Å²) in [5, 5.41) is 7.19. The van der Waals surface area contributed by atoms with E-state index in [0.29, 0.717) is 5.92 Å². The highest BCUT2D eigenvalue weighted by atomic mass is 32.1. The Hall–Kier alpha value is -1.62. The van der Waals surface area contributed by atoms with Crippen molar-refractivity contribution in [2.45, 2.75) is 38.5 Å². The zero-order chi connectivity index (χ0) is 14.4. The topological polar surface area (TPSA) is 49.0 Å². The van der Waals surface area contributed by atoms with Gasteiger partial charge in [-0.1, -0.05) is 0 Å². The van der Waals surface area contributed by atoms with Crippen molar-refractivity contribution in [3.05, 3.63) is 38.8 Å². The van der Waals surface area contributed by atoms with E-state index < -0.39 is 0 Å². The van der Waals surface area contributed by atoms with Crippen molar-refractivity contribution in [2.24, 2.45) is 0 Å².